The SMILES string of the molecule is Cc1ccccc1CC(=O)NCC(O)CN1CCC(C)CC1. The lowest BCUT2D eigenvalue weighted by Crippen LogP contribution is -2.43. The smallest absolute Gasteiger partial charge is 0.224 e. The van der Waals surface area contributed by atoms with E-state index in [1.54, 1.807) is 0 Å². The molecule has 1 fully saturated rings. The van der Waals surface area contributed by atoms with Gasteiger partial charge in [0.05, 0.1) is 12.5 Å². The Labute approximate surface area is 133 Å². The third kappa shape index (κ3) is 5.43. The van der Waals surface area contributed by atoms with Crippen LogP contribution in [0.1, 0.15) is 30.9 Å². The van der Waals surface area contributed by atoms with Gasteiger partial charge in [-0.05, 0) is 49.9 Å². The number of aliphatic hydroxyl groups excluding tert-OH is 1. The first-order valence-electron chi connectivity index (χ1n) is 8.26. The summed E-state index contributed by atoms with van der Waals surface area (Å²) >= 11 is 0. The summed E-state index contributed by atoms with van der Waals surface area (Å²) in [5, 5.41) is 12.9. The fourth-order valence-electron chi connectivity index (χ4n) is 2.88. The Morgan fingerprint density at radius 1 is 1.36 bits per heavy atom. The topological polar surface area (TPSA) is 52.6 Å². The third-order valence-electron chi connectivity index (χ3n) is 4.49. The summed E-state index contributed by atoms with van der Waals surface area (Å²) in [6.45, 7) is 7.37. The maximum atomic E-state index is 12.0. The molecular formula is C18H28N2O2. The van der Waals surface area contributed by atoms with E-state index in [9.17, 15) is 9.90 Å². The van der Waals surface area contributed by atoms with Crippen LogP contribution in [0.3, 0.4) is 0 Å². The Morgan fingerprint density at radius 3 is 2.73 bits per heavy atom. The van der Waals surface area contributed by atoms with E-state index in [1.165, 1.54) is 12.8 Å². The predicted molar refractivity (Wildman–Crippen MR) is 88.7 cm³/mol. The minimum atomic E-state index is -0.491. The molecule has 1 aromatic carbocycles. The quantitative estimate of drug-likeness (QED) is 0.842. The second kappa shape index (κ2) is 8.30. The molecule has 22 heavy (non-hydrogen) atoms. The number of amides is 1. The molecule has 0 aliphatic carbocycles. The van der Waals surface area contributed by atoms with Gasteiger partial charge in [0, 0.05) is 13.1 Å². The largest absolute Gasteiger partial charge is 0.390 e. The Kier molecular flexibility index (Phi) is 6.40. The number of β-amino-alcohol motifs (C(OH)–C–C–N with tert-alkyl or cyclic N) is 1. The molecule has 1 aliphatic heterocycles. The summed E-state index contributed by atoms with van der Waals surface area (Å²) in [5.74, 6) is 0.767. The van der Waals surface area contributed by atoms with Gasteiger partial charge in [-0.15, -0.1) is 0 Å². The highest BCUT2D eigenvalue weighted by Crippen LogP contribution is 2.15. The van der Waals surface area contributed by atoms with Gasteiger partial charge < -0.3 is 15.3 Å². The van der Waals surface area contributed by atoms with Crippen molar-refractivity contribution in [3.63, 3.8) is 0 Å². The second-order valence-corrected chi connectivity index (χ2v) is 6.54. The van der Waals surface area contributed by atoms with Gasteiger partial charge in [0.1, 0.15) is 0 Å². The van der Waals surface area contributed by atoms with Crippen LogP contribution >= 0.6 is 0 Å². The molecule has 2 N–H and O–H groups in total. The van der Waals surface area contributed by atoms with Gasteiger partial charge in [-0.25, -0.2) is 0 Å². The van der Waals surface area contributed by atoms with Gasteiger partial charge in [-0.3, -0.25) is 4.79 Å². The molecule has 1 aliphatic rings. The zero-order valence-electron chi connectivity index (χ0n) is 13.7. The molecule has 4 nitrogen and oxygen atoms in total. The number of likely N-dealkylation sites (tertiary alicyclic amines) is 1. The van der Waals surface area contributed by atoms with Crippen molar-refractivity contribution in [3.05, 3.63) is 35.4 Å². The Morgan fingerprint density at radius 2 is 2.05 bits per heavy atom. The summed E-state index contributed by atoms with van der Waals surface area (Å²) in [6.07, 6.45) is 2.29. The minimum absolute atomic E-state index is 0.0272. The highest BCUT2D eigenvalue weighted by molar-refractivity contribution is 5.78. The summed E-state index contributed by atoms with van der Waals surface area (Å²) in [4.78, 5) is 14.3. The first-order valence-corrected chi connectivity index (χ1v) is 8.26. The van der Waals surface area contributed by atoms with Gasteiger partial charge >= 0.3 is 0 Å². The number of aliphatic hydroxyl groups is 1. The van der Waals surface area contributed by atoms with Crippen molar-refractivity contribution in [3.8, 4) is 0 Å². The van der Waals surface area contributed by atoms with Crippen LogP contribution in [0.5, 0.6) is 0 Å². The van der Waals surface area contributed by atoms with Gasteiger partial charge in [-0.1, -0.05) is 31.2 Å². The molecule has 1 unspecified atom stereocenters. The van der Waals surface area contributed by atoms with Crippen LogP contribution < -0.4 is 5.32 Å². The van der Waals surface area contributed by atoms with E-state index < -0.39 is 6.10 Å². The number of nitrogens with zero attached hydrogens (tertiary/aromatic N) is 1. The van der Waals surface area contributed by atoms with Gasteiger partial charge in [0.2, 0.25) is 5.91 Å². The van der Waals surface area contributed by atoms with Crippen molar-refractivity contribution in [1.29, 1.82) is 0 Å². The maximum absolute atomic E-state index is 12.0. The van der Waals surface area contributed by atoms with E-state index in [1.807, 2.05) is 31.2 Å². The molecule has 0 bridgehead atoms. The molecule has 1 heterocycles. The van der Waals surface area contributed by atoms with E-state index >= 15 is 0 Å². The highest BCUT2D eigenvalue weighted by atomic mass is 16.3. The fourth-order valence-corrected chi connectivity index (χ4v) is 2.88. The van der Waals surface area contributed by atoms with E-state index in [4.69, 9.17) is 0 Å². The van der Waals surface area contributed by atoms with Crippen molar-refractivity contribution in [2.75, 3.05) is 26.2 Å². The van der Waals surface area contributed by atoms with Gasteiger partial charge in [-0.2, -0.15) is 0 Å². The van der Waals surface area contributed by atoms with Crippen LogP contribution in [-0.2, 0) is 11.2 Å². The summed E-state index contributed by atoms with van der Waals surface area (Å²) < 4.78 is 0. The van der Waals surface area contributed by atoms with Crippen LogP contribution in [0.25, 0.3) is 0 Å². The van der Waals surface area contributed by atoms with E-state index in [-0.39, 0.29) is 5.91 Å². The standard InChI is InChI=1S/C18H28N2O2/c1-14-7-9-20(10-8-14)13-17(21)12-19-18(22)11-16-6-4-3-5-15(16)2/h3-6,14,17,21H,7-13H2,1-2H3,(H,19,22). The summed E-state index contributed by atoms with van der Waals surface area (Å²) in [6, 6.07) is 7.90. The van der Waals surface area contributed by atoms with Crippen molar-refractivity contribution in [1.82, 2.24) is 10.2 Å². The number of rotatable bonds is 6. The number of carbonyl (C=O) groups is 1. The summed E-state index contributed by atoms with van der Waals surface area (Å²) in [5.41, 5.74) is 2.17. The molecule has 1 atom stereocenters. The van der Waals surface area contributed by atoms with Crippen LogP contribution in [0.15, 0.2) is 24.3 Å². The molecule has 0 radical (unpaired) electrons. The lowest BCUT2D eigenvalue weighted by molar-refractivity contribution is -0.121. The lowest BCUT2D eigenvalue weighted by Gasteiger charge is -2.31. The number of nitrogens with one attached hydrogen (secondary N) is 1. The predicted octanol–water partition coefficient (Wildman–Crippen LogP) is 1.75. The maximum Gasteiger partial charge on any atom is 0.224 e. The zero-order chi connectivity index (χ0) is 15.9. The van der Waals surface area contributed by atoms with Crippen molar-refractivity contribution in [2.45, 2.75) is 39.2 Å². The minimum Gasteiger partial charge on any atom is -0.390 e. The molecule has 1 saturated heterocycles. The molecular weight excluding hydrogens is 276 g/mol. The number of carbonyl (C=O) groups excluding carboxylic acids is 1. The molecule has 1 aromatic rings. The van der Waals surface area contributed by atoms with Gasteiger partial charge in [0.25, 0.3) is 0 Å². The molecule has 0 saturated carbocycles. The van der Waals surface area contributed by atoms with E-state index in [2.05, 4.69) is 17.1 Å². The molecule has 122 valence electrons. The molecule has 0 aromatic heterocycles. The summed E-state index contributed by atoms with van der Waals surface area (Å²) in [7, 11) is 0. The molecule has 1 amide bonds. The first kappa shape index (κ1) is 17.0. The number of aryl methyl sites for hydroxylation is 1. The van der Waals surface area contributed by atoms with Crippen LogP contribution in [0.2, 0.25) is 0 Å². The Hall–Kier alpha value is -1.39. The molecule has 2 rings (SSSR count). The average molecular weight is 304 g/mol. The Bertz CT molecular complexity index is 482. The number of hydrogen-bond acceptors (Lipinski definition) is 3. The molecule has 4 heteroatoms. The monoisotopic (exact) mass is 304 g/mol. The fraction of sp³-hybridized carbons (Fsp3) is 0.611. The van der Waals surface area contributed by atoms with E-state index in [0.29, 0.717) is 19.5 Å². The first-order chi connectivity index (χ1) is 10.5. The average Bonchev–Trinajstić information content (AvgIpc) is 2.50. The number of hydrogen-bond donors (Lipinski definition) is 2. The highest BCUT2D eigenvalue weighted by Gasteiger charge is 2.18. The zero-order valence-corrected chi connectivity index (χ0v) is 13.7. The van der Waals surface area contributed by atoms with Crippen molar-refractivity contribution >= 4 is 5.91 Å². The number of piperidine rings is 1. The van der Waals surface area contributed by atoms with E-state index in [0.717, 1.165) is 30.1 Å². The van der Waals surface area contributed by atoms with Crippen molar-refractivity contribution < 1.29 is 9.90 Å². The van der Waals surface area contributed by atoms with Crippen LogP contribution in [-0.4, -0.2) is 48.2 Å². The lowest BCUT2D eigenvalue weighted by atomic mass is 9.99. The van der Waals surface area contributed by atoms with Crippen molar-refractivity contribution in [2.24, 2.45) is 5.92 Å². The third-order valence-corrected chi connectivity index (χ3v) is 4.49. The number of benzene rings is 1. The molecule has 0 spiro atoms. The van der Waals surface area contributed by atoms with Crippen LogP contribution in [0.4, 0.5) is 0 Å². The van der Waals surface area contributed by atoms with Gasteiger partial charge in [0.15, 0.2) is 0 Å². The Balaban J connectivity index is 1.68. The normalized spacial score (nSPS) is 18.1. The van der Waals surface area contributed by atoms with Crippen LogP contribution in [0, 0.1) is 12.8 Å². The second-order valence-electron chi connectivity index (χ2n) is 6.54.